The van der Waals surface area contributed by atoms with E-state index >= 15 is 0 Å². The number of allylic oxidation sites excluding steroid dienone is 1. The highest BCUT2D eigenvalue weighted by atomic mass is 32.1. The van der Waals surface area contributed by atoms with Gasteiger partial charge >= 0.3 is 5.97 Å². The first-order valence-electron chi connectivity index (χ1n) is 12.2. The lowest BCUT2D eigenvalue weighted by Gasteiger charge is -2.25. The Morgan fingerprint density at radius 1 is 1.17 bits per heavy atom. The second-order valence-corrected chi connectivity index (χ2v) is 9.81. The van der Waals surface area contributed by atoms with Crippen molar-refractivity contribution in [2.75, 3.05) is 31.7 Å². The fraction of sp³-hybridized carbons (Fsp3) is 0.370. The molecule has 9 heteroatoms. The minimum absolute atomic E-state index is 0.229. The summed E-state index contributed by atoms with van der Waals surface area (Å²) in [4.78, 5) is 34.1. The van der Waals surface area contributed by atoms with Crippen molar-refractivity contribution >= 4 is 29.3 Å². The molecule has 5 rings (SSSR count). The topological polar surface area (TPSA) is 86.3 Å². The van der Waals surface area contributed by atoms with Gasteiger partial charge in [0.2, 0.25) is 0 Å². The third-order valence-electron chi connectivity index (χ3n) is 6.50. The number of benzene rings is 1. The first-order chi connectivity index (χ1) is 17.5. The maximum atomic E-state index is 13.7. The molecule has 0 saturated carbocycles. The van der Waals surface area contributed by atoms with Crippen LogP contribution in [0, 0.1) is 0 Å². The van der Waals surface area contributed by atoms with E-state index in [0.29, 0.717) is 32.1 Å². The summed E-state index contributed by atoms with van der Waals surface area (Å²) in [5.41, 5.74) is 1.43. The summed E-state index contributed by atoms with van der Waals surface area (Å²) < 4.78 is 18.8. The molecule has 0 N–H and O–H groups in total. The van der Waals surface area contributed by atoms with Gasteiger partial charge in [0.05, 0.1) is 35.6 Å². The normalized spacial score (nSPS) is 18.1. The van der Waals surface area contributed by atoms with Crippen LogP contribution in [0.25, 0.3) is 6.08 Å². The van der Waals surface area contributed by atoms with E-state index in [2.05, 4.69) is 9.89 Å². The number of thiazole rings is 1. The molecule has 2 aromatic heterocycles. The van der Waals surface area contributed by atoms with Crippen molar-refractivity contribution in [3.05, 3.63) is 78.7 Å². The predicted octanol–water partition coefficient (Wildman–Crippen LogP) is 3.39. The lowest BCUT2D eigenvalue weighted by Crippen LogP contribution is -2.39. The Kier molecular flexibility index (Phi) is 6.82. The van der Waals surface area contributed by atoms with Gasteiger partial charge in [-0.05, 0) is 56.9 Å². The highest BCUT2D eigenvalue weighted by Gasteiger charge is 2.33. The van der Waals surface area contributed by atoms with Crippen LogP contribution in [0.1, 0.15) is 50.5 Å². The highest BCUT2D eigenvalue weighted by molar-refractivity contribution is 7.07. The largest absolute Gasteiger partial charge is 0.497 e. The molecule has 188 valence electrons. The molecule has 3 aromatic rings. The number of ether oxygens (including phenoxy) is 2. The number of carbonyl (C=O) groups excluding carboxylic acids is 1. The average Bonchev–Trinajstić information content (AvgIpc) is 3.48. The van der Waals surface area contributed by atoms with E-state index in [0.717, 1.165) is 37.4 Å². The van der Waals surface area contributed by atoms with Crippen molar-refractivity contribution < 1.29 is 18.7 Å². The van der Waals surface area contributed by atoms with Crippen LogP contribution in [-0.4, -0.2) is 37.3 Å². The summed E-state index contributed by atoms with van der Waals surface area (Å²) in [6.45, 7) is 5.72. The number of carbonyl (C=O) groups is 1. The van der Waals surface area contributed by atoms with Crippen molar-refractivity contribution in [2.45, 2.75) is 39.2 Å². The Labute approximate surface area is 212 Å². The smallest absolute Gasteiger partial charge is 0.338 e. The van der Waals surface area contributed by atoms with Crippen LogP contribution >= 0.6 is 11.3 Å². The zero-order chi connectivity index (χ0) is 25.2. The fourth-order valence-electron chi connectivity index (χ4n) is 4.73. The first kappa shape index (κ1) is 24.1. The molecule has 0 spiro atoms. The van der Waals surface area contributed by atoms with Crippen molar-refractivity contribution in [3.8, 4) is 5.75 Å². The van der Waals surface area contributed by atoms with E-state index < -0.39 is 12.0 Å². The summed E-state index contributed by atoms with van der Waals surface area (Å²) in [5.74, 6) is 1.64. The van der Waals surface area contributed by atoms with Gasteiger partial charge in [-0.3, -0.25) is 9.36 Å². The molecule has 4 heterocycles. The molecule has 1 aromatic carbocycles. The van der Waals surface area contributed by atoms with E-state index in [9.17, 15) is 9.59 Å². The molecular formula is C27H29N3O5S. The summed E-state index contributed by atoms with van der Waals surface area (Å²) in [6.07, 6.45) is 5.31. The number of rotatable bonds is 6. The summed E-state index contributed by atoms with van der Waals surface area (Å²) >= 11 is 1.28. The number of methoxy groups -OCH3 is 1. The number of piperidine rings is 1. The Morgan fingerprint density at radius 3 is 2.61 bits per heavy atom. The molecular weight excluding hydrogens is 478 g/mol. The van der Waals surface area contributed by atoms with Gasteiger partial charge in [-0.1, -0.05) is 23.5 Å². The molecule has 36 heavy (non-hydrogen) atoms. The molecule has 1 fully saturated rings. The average molecular weight is 508 g/mol. The summed E-state index contributed by atoms with van der Waals surface area (Å²) in [5, 5.41) is 0. The molecule has 2 aliphatic heterocycles. The number of esters is 1. The van der Waals surface area contributed by atoms with Crippen LogP contribution in [0.2, 0.25) is 0 Å². The Balaban J connectivity index is 1.60. The number of furan rings is 1. The second-order valence-electron chi connectivity index (χ2n) is 8.80. The van der Waals surface area contributed by atoms with E-state index in [1.165, 1.54) is 17.8 Å². The first-order valence-corrected chi connectivity index (χ1v) is 13.0. The van der Waals surface area contributed by atoms with Crippen molar-refractivity contribution in [2.24, 2.45) is 4.99 Å². The zero-order valence-corrected chi connectivity index (χ0v) is 21.5. The Hall–Kier alpha value is -3.59. The molecule has 1 saturated heterocycles. The number of anilines is 1. The van der Waals surface area contributed by atoms with Gasteiger partial charge in [-0.2, -0.15) is 0 Å². The number of hydrogen-bond donors (Lipinski definition) is 0. The monoisotopic (exact) mass is 507 g/mol. The standard InChI is InChI=1S/C27H29N3O5S/c1-4-34-26(32)23-17(2)28-27-30(24(23)18-8-10-19(33-3)11-9-18)25(31)21(36-27)16-20-12-13-22(35-20)29-14-6-5-7-15-29/h8-13,16,24H,4-7,14-15H2,1-3H3/b21-16-. The number of hydrogen-bond acceptors (Lipinski definition) is 8. The summed E-state index contributed by atoms with van der Waals surface area (Å²) in [7, 11) is 1.59. The van der Waals surface area contributed by atoms with Crippen LogP contribution in [0.5, 0.6) is 5.75 Å². The minimum atomic E-state index is -0.658. The maximum Gasteiger partial charge on any atom is 0.338 e. The fourth-order valence-corrected chi connectivity index (χ4v) is 5.75. The molecule has 2 aliphatic rings. The van der Waals surface area contributed by atoms with Crippen LogP contribution in [0.4, 0.5) is 5.88 Å². The molecule has 8 nitrogen and oxygen atoms in total. The predicted molar refractivity (Wildman–Crippen MR) is 138 cm³/mol. The SMILES string of the molecule is CCOC(=O)C1=C(C)N=c2s/c(=C\c3ccc(N4CCCCC4)o3)c(=O)n2C1c1ccc(OC)cc1. The molecule has 1 atom stereocenters. The zero-order valence-electron chi connectivity index (χ0n) is 20.7. The maximum absolute atomic E-state index is 13.7. The van der Waals surface area contributed by atoms with Gasteiger partial charge in [0, 0.05) is 25.2 Å². The van der Waals surface area contributed by atoms with Crippen LogP contribution in [-0.2, 0) is 9.53 Å². The van der Waals surface area contributed by atoms with Crippen molar-refractivity contribution in [3.63, 3.8) is 0 Å². The number of nitrogens with zero attached hydrogens (tertiary/aromatic N) is 3. The summed E-state index contributed by atoms with van der Waals surface area (Å²) in [6, 6.07) is 10.5. The molecule has 0 aliphatic carbocycles. The minimum Gasteiger partial charge on any atom is -0.497 e. The van der Waals surface area contributed by atoms with Crippen LogP contribution in [0.3, 0.4) is 0 Å². The number of aromatic nitrogens is 1. The van der Waals surface area contributed by atoms with Gasteiger partial charge < -0.3 is 18.8 Å². The Morgan fingerprint density at radius 2 is 1.92 bits per heavy atom. The molecule has 0 radical (unpaired) electrons. The Bertz CT molecular complexity index is 1470. The quantitative estimate of drug-likeness (QED) is 0.476. The third-order valence-corrected chi connectivity index (χ3v) is 7.49. The third kappa shape index (κ3) is 4.51. The highest BCUT2D eigenvalue weighted by Crippen LogP contribution is 2.31. The lowest BCUT2D eigenvalue weighted by atomic mass is 9.96. The van der Waals surface area contributed by atoms with E-state index in [1.54, 1.807) is 31.6 Å². The van der Waals surface area contributed by atoms with Crippen LogP contribution in [0.15, 0.2) is 61.9 Å². The van der Waals surface area contributed by atoms with Crippen molar-refractivity contribution in [1.82, 2.24) is 4.57 Å². The van der Waals surface area contributed by atoms with Gasteiger partial charge in [0.15, 0.2) is 10.7 Å². The molecule has 0 bridgehead atoms. The van der Waals surface area contributed by atoms with Crippen LogP contribution < -0.4 is 24.5 Å². The lowest BCUT2D eigenvalue weighted by molar-refractivity contribution is -0.139. The number of fused-ring (bicyclic) bond motifs is 1. The molecule has 1 unspecified atom stereocenters. The van der Waals surface area contributed by atoms with E-state index in [4.69, 9.17) is 13.9 Å². The molecule has 0 amide bonds. The second kappa shape index (κ2) is 10.2. The van der Waals surface area contributed by atoms with E-state index in [-0.39, 0.29) is 12.2 Å². The van der Waals surface area contributed by atoms with Gasteiger partial charge in [-0.25, -0.2) is 9.79 Å². The van der Waals surface area contributed by atoms with Crippen molar-refractivity contribution in [1.29, 1.82) is 0 Å². The van der Waals surface area contributed by atoms with Gasteiger partial charge in [-0.15, -0.1) is 0 Å². The van der Waals surface area contributed by atoms with Gasteiger partial charge in [0.1, 0.15) is 11.5 Å². The van der Waals surface area contributed by atoms with E-state index in [1.807, 2.05) is 36.4 Å². The van der Waals surface area contributed by atoms with Gasteiger partial charge in [0.25, 0.3) is 5.56 Å².